The fourth-order valence-electron chi connectivity index (χ4n) is 3.31. The molecule has 1 fully saturated rings. The number of carbonyl (C=O) groups excluding carboxylic acids is 1. The monoisotopic (exact) mass is 512 g/mol. The summed E-state index contributed by atoms with van der Waals surface area (Å²) in [5.41, 5.74) is 0.605. The lowest BCUT2D eigenvalue weighted by molar-refractivity contribution is -0.138. The average Bonchev–Trinajstić information content (AvgIpc) is 3.05. The van der Waals surface area contributed by atoms with Crippen molar-refractivity contribution in [2.75, 3.05) is 27.7 Å². The number of hydrogen-bond donors (Lipinski definition) is 2. The highest BCUT2D eigenvalue weighted by molar-refractivity contribution is 14.0. The lowest BCUT2D eigenvalue weighted by Gasteiger charge is -2.31. The predicted molar refractivity (Wildman–Crippen MR) is 120 cm³/mol. The van der Waals surface area contributed by atoms with Crippen LogP contribution >= 0.6 is 47.2 Å². The van der Waals surface area contributed by atoms with Crippen molar-refractivity contribution in [3.05, 3.63) is 33.8 Å². The second-order valence-corrected chi connectivity index (χ2v) is 7.55. The quantitative estimate of drug-likeness (QED) is 0.357. The van der Waals surface area contributed by atoms with Crippen LogP contribution in [-0.2, 0) is 11.3 Å². The average molecular weight is 513 g/mol. The molecule has 0 radical (unpaired) electrons. The van der Waals surface area contributed by atoms with E-state index in [9.17, 15) is 4.79 Å². The highest BCUT2D eigenvalue weighted by atomic mass is 127. The minimum Gasteiger partial charge on any atom is -0.355 e. The first kappa shape index (κ1) is 23.3. The maximum absolute atomic E-state index is 12.6. The molecule has 1 aliphatic carbocycles. The Morgan fingerprint density at radius 3 is 2.42 bits per heavy atom. The van der Waals surface area contributed by atoms with Crippen molar-refractivity contribution in [2.45, 2.75) is 32.2 Å². The van der Waals surface area contributed by atoms with E-state index < -0.39 is 0 Å². The zero-order valence-corrected chi connectivity index (χ0v) is 19.3. The molecule has 0 aromatic heterocycles. The SMILES string of the molecule is CN=C(NCc1ccc(Cl)cc1Cl)NCC1(C(=O)N(C)C)CCCC1.I. The molecular weight excluding hydrogens is 486 g/mol. The Labute approximate surface area is 182 Å². The Morgan fingerprint density at radius 1 is 1.23 bits per heavy atom. The summed E-state index contributed by atoms with van der Waals surface area (Å²) in [5.74, 6) is 0.845. The standard InChI is InChI=1S/C18H26Cl2N4O.HI/c1-21-17(22-11-13-6-7-14(19)10-15(13)20)23-12-18(8-4-5-9-18)16(25)24(2)3;/h6-7,10H,4-5,8-9,11-12H2,1-3H3,(H2,21,22,23);1H. The molecule has 0 heterocycles. The number of carbonyl (C=O) groups is 1. The molecule has 1 saturated carbocycles. The molecule has 0 bridgehead atoms. The van der Waals surface area contributed by atoms with Gasteiger partial charge in [0.15, 0.2) is 5.96 Å². The van der Waals surface area contributed by atoms with E-state index >= 15 is 0 Å². The molecule has 146 valence electrons. The topological polar surface area (TPSA) is 56.7 Å². The molecule has 2 rings (SSSR count). The van der Waals surface area contributed by atoms with Crippen LogP contribution in [0.1, 0.15) is 31.2 Å². The largest absolute Gasteiger partial charge is 0.355 e. The van der Waals surface area contributed by atoms with Crippen LogP contribution in [0.4, 0.5) is 0 Å². The van der Waals surface area contributed by atoms with Crippen molar-refractivity contribution < 1.29 is 4.79 Å². The zero-order chi connectivity index (χ0) is 18.4. The highest BCUT2D eigenvalue weighted by Crippen LogP contribution is 2.38. The van der Waals surface area contributed by atoms with E-state index in [1.165, 1.54) is 0 Å². The Balaban J connectivity index is 0.00000338. The minimum atomic E-state index is -0.334. The molecule has 1 amide bonds. The second-order valence-electron chi connectivity index (χ2n) is 6.70. The van der Waals surface area contributed by atoms with Gasteiger partial charge in [0, 0.05) is 44.3 Å². The number of benzene rings is 1. The van der Waals surface area contributed by atoms with E-state index in [4.69, 9.17) is 23.2 Å². The van der Waals surface area contributed by atoms with Crippen molar-refractivity contribution >= 4 is 59.0 Å². The third-order valence-electron chi connectivity index (χ3n) is 4.70. The van der Waals surface area contributed by atoms with Crippen LogP contribution in [0, 0.1) is 5.41 Å². The summed E-state index contributed by atoms with van der Waals surface area (Å²) in [6, 6.07) is 5.42. The molecule has 0 unspecified atom stereocenters. The summed E-state index contributed by atoms with van der Waals surface area (Å²) < 4.78 is 0. The predicted octanol–water partition coefficient (Wildman–Crippen LogP) is 3.93. The Bertz CT molecular complexity index is 646. The van der Waals surface area contributed by atoms with Gasteiger partial charge in [-0.15, -0.1) is 24.0 Å². The van der Waals surface area contributed by atoms with Crippen molar-refractivity contribution in [1.29, 1.82) is 0 Å². The molecule has 0 saturated heterocycles. The number of nitrogens with zero attached hydrogens (tertiary/aromatic N) is 2. The summed E-state index contributed by atoms with van der Waals surface area (Å²) in [4.78, 5) is 18.6. The first-order chi connectivity index (χ1) is 11.9. The normalized spacial score (nSPS) is 16.0. The minimum absolute atomic E-state index is 0. The number of halogens is 3. The Kier molecular flexibility index (Phi) is 9.47. The van der Waals surface area contributed by atoms with E-state index in [-0.39, 0.29) is 35.3 Å². The molecule has 1 aromatic rings. The number of rotatable bonds is 5. The first-order valence-corrected chi connectivity index (χ1v) is 9.24. The number of hydrogen-bond acceptors (Lipinski definition) is 2. The number of guanidine groups is 1. The molecule has 1 aromatic carbocycles. The van der Waals surface area contributed by atoms with E-state index in [0.717, 1.165) is 31.2 Å². The molecule has 5 nitrogen and oxygen atoms in total. The fourth-order valence-corrected chi connectivity index (χ4v) is 3.79. The molecular formula is C18H27Cl2IN4O. The molecule has 8 heteroatoms. The van der Waals surface area contributed by atoms with Crippen LogP contribution < -0.4 is 10.6 Å². The van der Waals surface area contributed by atoms with Gasteiger partial charge in [0.1, 0.15) is 0 Å². The maximum Gasteiger partial charge on any atom is 0.230 e. The summed E-state index contributed by atoms with van der Waals surface area (Å²) in [5, 5.41) is 7.78. The van der Waals surface area contributed by atoms with Gasteiger partial charge >= 0.3 is 0 Å². The zero-order valence-electron chi connectivity index (χ0n) is 15.4. The van der Waals surface area contributed by atoms with E-state index in [1.54, 1.807) is 18.0 Å². The summed E-state index contributed by atoms with van der Waals surface area (Å²) in [6.07, 6.45) is 4.01. The van der Waals surface area contributed by atoms with Crippen LogP contribution in [0.15, 0.2) is 23.2 Å². The van der Waals surface area contributed by atoms with Gasteiger partial charge in [-0.2, -0.15) is 0 Å². The van der Waals surface area contributed by atoms with Crippen molar-refractivity contribution in [3.8, 4) is 0 Å². The molecule has 0 aliphatic heterocycles. The van der Waals surface area contributed by atoms with E-state index in [1.807, 2.05) is 26.2 Å². The van der Waals surface area contributed by atoms with Crippen LogP contribution in [0.25, 0.3) is 0 Å². The molecule has 0 atom stereocenters. The van der Waals surface area contributed by atoms with Crippen molar-refractivity contribution in [1.82, 2.24) is 15.5 Å². The van der Waals surface area contributed by atoms with Crippen molar-refractivity contribution in [2.24, 2.45) is 10.4 Å². The van der Waals surface area contributed by atoms with Gasteiger partial charge in [-0.1, -0.05) is 42.1 Å². The number of amides is 1. The number of aliphatic imine (C=N–C) groups is 1. The summed E-state index contributed by atoms with van der Waals surface area (Å²) >= 11 is 12.1. The second kappa shape index (κ2) is 10.6. The summed E-state index contributed by atoms with van der Waals surface area (Å²) in [7, 11) is 5.35. The van der Waals surface area contributed by atoms with Gasteiger partial charge < -0.3 is 15.5 Å². The van der Waals surface area contributed by atoms with Gasteiger partial charge in [-0.25, -0.2) is 0 Å². The molecule has 0 spiro atoms. The maximum atomic E-state index is 12.6. The van der Waals surface area contributed by atoms with E-state index in [2.05, 4.69) is 15.6 Å². The van der Waals surface area contributed by atoms with Crippen LogP contribution in [-0.4, -0.2) is 44.5 Å². The Morgan fingerprint density at radius 2 is 1.88 bits per heavy atom. The van der Waals surface area contributed by atoms with Gasteiger partial charge in [-0.3, -0.25) is 9.79 Å². The van der Waals surface area contributed by atoms with Crippen LogP contribution in [0.2, 0.25) is 10.0 Å². The van der Waals surface area contributed by atoms with Gasteiger partial charge in [0.2, 0.25) is 5.91 Å². The van der Waals surface area contributed by atoms with Gasteiger partial charge in [-0.05, 0) is 30.5 Å². The summed E-state index contributed by atoms with van der Waals surface area (Å²) in [6.45, 7) is 1.11. The fraction of sp³-hybridized carbons (Fsp3) is 0.556. The van der Waals surface area contributed by atoms with Crippen molar-refractivity contribution in [3.63, 3.8) is 0 Å². The van der Waals surface area contributed by atoms with Gasteiger partial charge in [0.05, 0.1) is 5.41 Å². The lowest BCUT2D eigenvalue weighted by Crippen LogP contribution is -2.49. The molecule has 1 aliphatic rings. The van der Waals surface area contributed by atoms with E-state index in [0.29, 0.717) is 29.1 Å². The molecule has 26 heavy (non-hydrogen) atoms. The smallest absolute Gasteiger partial charge is 0.230 e. The van der Waals surface area contributed by atoms with Gasteiger partial charge in [0.25, 0.3) is 0 Å². The first-order valence-electron chi connectivity index (χ1n) is 8.48. The third kappa shape index (κ3) is 5.89. The lowest BCUT2D eigenvalue weighted by atomic mass is 9.84. The Hall–Kier alpha value is -0.730. The van der Waals surface area contributed by atoms with Crippen LogP contribution in [0.5, 0.6) is 0 Å². The third-order valence-corrected chi connectivity index (χ3v) is 5.29. The van der Waals surface area contributed by atoms with Crippen LogP contribution in [0.3, 0.4) is 0 Å². The highest BCUT2D eigenvalue weighted by Gasteiger charge is 2.42. The number of nitrogens with one attached hydrogen (secondary N) is 2. The molecule has 2 N–H and O–H groups in total.